The number of nitrogens with zero attached hydrogens (tertiary/aromatic N) is 2. The van der Waals surface area contributed by atoms with Crippen molar-refractivity contribution in [3.63, 3.8) is 0 Å². The molecule has 0 bridgehead atoms. The first-order valence-electron chi connectivity index (χ1n) is 7.57. The van der Waals surface area contributed by atoms with Crippen molar-refractivity contribution < 1.29 is 0 Å². The Balaban J connectivity index is 1.96. The highest BCUT2D eigenvalue weighted by atomic mass is 15.1. The summed E-state index contributed by atoms with van der Waals surface area (Å²) in [4.78, 5) is 6.78. The Labute approximate surface area is 128 Å². The molecule has 0 aliphatic carbocycles. The molecule has 1 aromatic carbocycles. The molecule has 0 atom stereocenters. The highest BCUT2D eigenvalue weighted by Crippen LogP contribution is 2.16. The molecule has 3 nitrogen and oxygen atoms in total. The number of nitrogens with one attached hydrogen (secondary N) is 1. The molecule has 0 saturated heterocycles. The maximum Gasteiger partial charge on any atom is 0.0705 e. The molecule has 0 radical (unpaired) electrons. The second-order valence-electron chi connectivity index (χ2n) is 6.99. The van der Waals surface area contributed by atoms with E-state index in [0.29, 0.717) is 0 Å². The summed E-state index contributed by atoms with van der Waals surface area (Å²) in [5.74, 6) is 0. The molecule has 1 heterocycles. The smallest absolute Gasteiger partial charge is 0.0705 e. The van der Waals surface area contributed by atoms with E-state index in [1.165, 1.54) is 10.9 Å². The molecular weight excluding hydrogens is 258 g/mol. The Hall–Kier alpha value is -1.45. The van der Waals surface area contributed by atoms with Crippen LogP contribution in [0.15, 0.2) is 30.3 Å². The van der Waals surface area contributed by atoms with Crippen molar-refractivity contribution in [2.24, 2.45) is 5.41 Å². The summed E-state index contributed by atoms with van der Waals surface area (Å²) < 4.78 is 0. The largest absolute Gasteiger partial charge is 0.312 e. The molecule has 0 aliphatic heterocycles. The van der Waals surface area contributed by atoms with Crippen molar-refractivity contribution in [2.45, 2.75) is 27.3 Å². The summed E-state index contributed by atoms with van der Waals surface area (Å²) in [6.45, 7) is 9.62. The van der Waals surface area contributed by atoms with Crippen LogP contribution in [0.2, 0.25) is 0 Å². The minimum atomic E-state index is 0.277. The maximum absolute atomic E-state index is 4.54. The van der Waals surface area contributed by atoms with Gasteiger partial charge in [0.25, 0.3) is 0 Å². The summed E-state index contributed by atoms with van der Waals surface area (Å²) in [6, 6.07) is 10.7. The number of hydrogen-bond donors (Lipinski definition) is 1. The van der Waals surface area contributed by atoms with Gasteiger partial charge < -0.3 is 10.2 Å². The summed E-state index contributed by atoms with van der Waals surface area (Å²) in [5, 5.41) is 4.79. The Bertz CT molecular complexity index is 602. The third-order valence-corrected chi connectivity index (χ3v) is 3.57. The number of fused-ring (bicyclic) bond motifs is 1. The van der Waals surface area contributed by atoms with Gasteiger partial charge in [-0.1, -0.05) is 26.0 Å². The van der Waals surface area contributed by atoms with Gasteiger partial charge in [0.1, 0.15) is 0 Å². The average molecular weight is 285 g/mol. The number of aromatic nitrogens is 1. The first-order valence-corrected chi connectivity index (χ1v) is 7.57. The third-order valence-electron chi connectivity index (χ3n) is 3.57. The molecule has 1 aromatic heterocycles. The lowest BCUT2D eigenvalue weighted by molar-refractivity contribution is 0.232. The molecule has 0 amide bonds. The van der Waals surface area contributed by atoms with E-state index in [4.69, 9.17) is 0 Å². The molecule has 0 aliphatic rings. The predicted octanol–water partition coefficient (Wildman–Crippen LogP) is 3.22. The van der Waals surface area contributed by atoms with Gasteiger partial charge in [-0.3, -0.25) is 4.98 Å². The SMILES string of the molecule is Cc1ccc2cc(CNCC(C)(C)CN(C)C)ccc2n1. The van der Waals surface area contributed by atoms with Crippen LogP contribution in [0.25, 0.3) is 10.9 Å². The van der Waals surface area contributed by atoms with Gasteiger partial charge in [0.15, 0.2) is 0 Å². The van der Waals surface area contributed by atoms with Crippen molar-refractivity contribution in [3.05, 3.63) is 41.6 Å². The van der Waals surface area contributed by atoms with Gasteiger partial charge in [0, 0.05) is 30.7 Å². The second-order valence-corrected chi connectivity index (χ2v) is 6.99. The number of pyridine rings is 1. The number of aryl methyl sites for hydroxylation is 1. The first kappa shape index (κ1) is 15.9. The lowest BCUT2D eigenvalue weighted by atomic mass is 9.93. The van der Waals surface area contributed by atoms with Gasteiger partial charge in [0.2, 0.25) is 0 Å². The lowest BCUT2D eigenvalue weighted by Crippen LogP contribution is -2.37. The van der Waals surface area contributed by atoms with Gasteiger partial charge in [0.05, 0.1) is 5.52 Å². The van der Waals surface area contributed by atoms with Gasteiger partial charge in [-0.05, 0) is 50.2 Å². The van der Waals surface area contributed by atoms with E-state index in [9.17, 15) is 0 Å². The van der Waals surface area contributed by atoms with Crippen LogP contribution in [0.3, 0.4) is 0 Å². The van der Waals surface area contributed by atoms with Crippen LogP contribution in [0.1, 0.15) is 25.1 Å². The molecule has 114 valence electrons. The Morgan fingerprint density at radius 1 is 1.14 bits per heavy atom. The first-order chi connectivity index (χ1) is 9.85. The fourth-order valence-electron chi connectivity index (χ4n) is 2.84. The van der Waals surface area contributed by atoms with Crippen molar-refractivity contribution in [1.29, 1.82) is 0 Å². The minimum absolute atomic E-state index is 0.277. The van der Waals surface area contributed by atoms with Crippen LogP contribution < -0.4 is 5.32 Å². The molecule has 0 fully saturated rings. The Kier molecular flexibility index (Phi) is 4.96. The van der Waals surface area contributed by atoms with E-state index >= 15 is 0 Å². The van der Waals surface area contributed by atoms with Crippen LogP contribution in [-0.4, -0.2) is 37.1 Å². The van der Waals surface area contributed by atoms with E-state index in [-0.39, 0.29) is 5.41 Å². The van der Waals surface area contributed by atoms with Gasteiger partial charge in [-0.25, -0.2) is 0 Å². The standard InChI is InChI=1S/C18H27N3/c1-14-6-8-16-10-15(7-9-17(16)20-14)11-19-12-18(2,3)13-21(4)5/h6-10,19H,11-13H2,1-5H3. The fourth-order valence-corrected chi connectivity index (χ4v) is 2.84. The highest BCUT2D eigenvalue weighted by molar-refractivity contribution is 5.79. The minimum Gasteiger partial charge on any atom is -0.312 e. The topological polar surface area (TPSA) is 28.2 Å². The molecule has 0 saturated carbocycles. The lowest BCUT2D eigenvalue weighted by Gasteiger charge is -2.28. The van der Waals surface area contributed by atoms with Crippen molar-refractivity contribution in [2.75, 3.05) is 27.2 Å². The molecule has 2 rings (SSSR count). The predicted molar refractivity (Wildman–Crippen MR) is 90.5 cm³/mol. The fraction of sp³-hybridized carbons (Fsp3) is 0.500. The van der Waals surface area contributed by atoms with Crippen LogP contribution in [0, 0.1) is 12.3 Å². The van der Waals surface area contributed by atoms with Crippen LogP contribution in [-0.2, 0) is 6.54 Å². The van der Waals surface area contributed by atoms with Gasteiger partial charge >= 0.3 is 0 Å². The van der Waals surface area contributed by atoms with Crippen LogP contribution >= 0.6 is 0 Å². The van der Waals surface area contributed by atoms with E-state index in [1.54, 1.807) is 0 Å². The summed E-state index contributed by atoms with van der Waals surface area (Å²) in [5.41, 5.74) is 3.73. The van der Waals surface area contributed by atoms with E-state index in [2.05, 4.69) is 73.5 Å². The number of rotatable bonds is 6. The normalized spacial score (nSPS) is 12.3. The number of hydrogen-bond acceptors (Lipinski definition) is 3. The van der Waals surface area contributed by atoms with Crippen LogP contribution in [0.4, 0.5) is 0 Å². The highest BCUT2D eigenvalue weighted by Gasteiger charge is 2.18. The average Bonchev–Trinajstić information content (AvgIpc) is 2.37. The second kappa shape index (κ2) is 6.54. The molecule has 0 spiro atoms. The van der Waals surface area contributed by atoms with Crippen LogP contribution in [0.5, 0.6) is 0 Å². The molecule has 21 heavy (non-hydrogen) atoms. The molecule has 1 N–H and O–H groups in total. The molecule has 2 aromatic rings. The summed E-state index contributed by atoms with van der Waals surface area (Å²) in [7, 11) is 4.25. The molecule has 0 unspecified atom stereocenters. The summed E-state index contributed by atoms with van der Waals surface area (Å²) >= 11 is 0. The maximum atomic E-state index is 4.54. The van der Waals surface area contributed by atoms with Crippen molar-refractivity contribution in [1.82, 2.24) is 15.2 Å². The number of benzene rings is 1. The Morgan fingerprint density at radius 3 is 2.62 bits per heavy atom. The van der Waals surface area contributed by atoms with Gasteiger partial charge in [-0.15, -0.1) is 0 Å². The zero-order chi connectivity index (χ0) is 15.5. The Morgan fingerprint density at radius 2 is 1.90 bits per heavy atom. The summed E-state index contributed by atoms with van der Waals surface area (Å²) in [6.07, 6.45) is 0. The van der Waals surface area contributed by atoms with Crippen molar-refractivity contribution in [3.8, 4) is 0 Å². The molecular formula is C18H27N3. The molecule has 3 heteroatoms. The monoisotopic (exact) mass is 285 g/mol. The van der Waals surface area contributed by atoms with E-state index in [0.717, 1.165) is 30.8 Å². The van der Waals surface area contributed by atoms with Gasteiger partial charge in [-0.2, -0.15) is 0 Å². The van der Waals surface area contributed by atoms with E-state index < -0.39 is 0 Å². The van der Waals surface area contributed by atoms with E-state index in [1.807, 2.05) is 6.92 Å². The zero-order valence-corrected chi connectivity index (χ0v) is 13.9. The third kappa shape index (κ3) is 4.80. The van der Waals surface area contributed by atoms with Crippen molar-refractivity contribution >= 4 is 10.9 Å². The zero-order valence-electron chi connectivity index (χ0n) is 13.9. The quantitative estimate of drug-likeness (QED) is 0.883.